The fourth-order valence-corrected chi connectivity index (χ4v) is 2.90. The van der Waals surface area contributed by atoms with E-state index in [1.165, 1.54) is 19.3 Å². The largest absolute Gasteiger partial charge is 0.370 e. The van der Waals surface area contributed by atoms with Crippen LogP contribution in [-0.4, -0.2) is 13.1 Å². The Bertz CT molecular complexity index is 409. The third kappa shape index (κ3) is 2.81. The van der Waals surface area contributed by atoms with Gasteiger partial charge >= 0.3 is 0 Å². The van der Waals surface area contributed by atoms with E-state index in [2.05, 4.69) is 30.9 Å². The Morgan fingerprint density at radius 3 is 2.50 bits per heavy atom. The van der Waals surface area contributed by atoms with Crippen LogP contribution in [0, 0.1) is 5.41 Å². The lowest BCUT2D eigenvalue weighted by atomic mass is 9.78. The highest BCUT2D eigenvalue weighted by Gasteiger charge is 2.28. The Morgan fingerprint density at radius 1 is 1.33 bits per heavy atom. The van der Waals surface area contributed by atoms with Crippen molar-refractivity contribution in [1.29, 1.82) is 0 Å². The summed E-state index contributed by atoms with van der Waals surface area (Å²) in [5, 5.41) is 0.832. The van der Waals surface area contributed by atoms with E-state index in [-0.39, 0.29) is 0 Å². The van der Waals surface area contributed by atoms with Gasteiger partial charge in [-0.1, -0.05) is 37.9 Å². The number of hydrogen-bond donors (Lipinski definition) is 1. The first-order valence-electron chi connectivity index (χ1n) is 6.81. The monoisotopic (exact) mass is 266 g/mol. The fourth-order valence-electron chi connectivity index (χ4n) is 2.57. The second kappa shape index (κ2) is 5.50. The van der Waals surface area contributed by atoms with Gasteiger partial charge in [0.25, 0.3) is 0 Å². The number of hydrogen-bond acceptors (Lipinski definition) is 2. The lowest BCUT2D eigenvalue weighted by Crippen LogP contribution is -2.38. The topological polar surface area (TPSA) is 29.3 Å². The summed E-state index contributed by atoms with van der Waals surface area (Å²) in [4.78, 5) is 2.40. The zero-order valence-electron chi connectivity index (χ0n) is 11.4. The first kappa shape index (κ1) is 13.7. The second-order valence-corrected chi connectivity index (χ2v) is 6.05. The minimum Gasteiger partial charge on any atom is -0.370 e. The zero-order chi connectivity index (χ0) is 13.2. The van der Waals surface area contributed by atoms with Gasteiger partial charge in [-0.15, -0.1) is 0 Å². The van der Waals surface area contributed by atoms with E-state index in [1.807, 2.05) is 6.07 Å². The molecule has 1 aliphatic rings. The average molecular weight is 267 g/mol. The van der Waals surface area contributed by atoms with Crippen molar-refractivity contribution in [2.75, 3.05) is 18.0 Å². The van der Waals surface area contributed by atoms with Crippen LogP contribution in [0.4, 0.5) is 5.69 Å². The molecule has 0 aromatic heterocycles. The minimum absolute atomic E-state index is 0.514. The van der Waals surface area contributed by atoms with Crippen molar-refractivity contribution in [1.82, 2.24) is 0 Å². The molecule has 1 saturated heterocycles. The summed E-state index contributed by atoms with van der Waals surface area (Å²) in [6.45, 7) is 7.44. The van der Waals surface area contributed by atoms with Crippen LogP contribution in [0.25, 0.3) is 0 Å². The van der Waals surface area contributed by atoms with Crippen LogP contribution in [0.5, 0.6) is 0 Å². The van der Waals surface area contributed by atoms with Crippen LogP contribution >= 0.6 is 11.6 Å². The van der Waals surface area contributed by atoms with Gasteiger partial charge in [0.1, 0.15) is 0 Å². The van der Waals surface area contributed by atoms with Gasteiger partial charge in [0.05, 0.1) is 10.7 Å². The molecule has 0 saturated carbocycles. The number of rotatable bonds is 3. The molecular formula is C15H23ClN2. The van der Waals surface area contributed by atoms with E-state index < -0.39 is 0 Å². The molecule has 1 heterocycles. The first-order chi connectivity index (χ1) is 8.58. The number of nitrogens with two attached hydrogens (primary N) is 1. The molecule has 0 atom stereocenters. The maximum Gasteiger partial charge on any atom is 0.0642 e. The number of anilines is 1. The molecule has 1 aliphatic heterocycles. The normalized spacial score (nSPS) is 19.0. The summed E-state index contributed by atoms with van der Waals surface area (Å²) in [5.74, 6) is 0. The summed E-state index contributed by atoms with van der Waals surface area (Å²) in [7, 11) is 0. The third-order valence-corrected chi connectivity index (χ3v) is 4.72. The van der Waals surface area contributed by atoms with Crippen molar-refractivity contribution in [2.24, 2.45) is 11.1 Å². The van der Waals surface area contributed by atoms with Gasteiger partial charge in [-0.2, -0.15) is 0 Å². The Hall–Kier alpha value is -0.730. The quantitative estimate of drug-likeness (QED) is 0.901. The van der Waals surface area contributed by atoms with Crippen molar-refractivity contribution in [3.8, 4) is 0 Å². The predicted molar refractivity (Wildman–Crippen MR) is 79.2 cm³/mol. The van der Waals surface area contributed by atoms with E-state index in [9.17, 15) is 0 Å². The van der Waals surface area contributed by atoms with Crippen LogP contribution in [0.2, 0.25) is 5.02 Å². The summed E-state index contributed by atoms with van der Waals surface area (Å²) in [6, 6.07) is 6.18. The molecule has 0 unspecified atom stereocenters. The van der Waals surface area contributed by atoms with E-state index in [0.29, 0.717) is 12.0 Å². The molecule has 2 rings (SSSR count). The lowest BCUT2D eigenvalue weighted by molar-refractivity contribution is 0.238. The highest BCUT2D eigenvalue weighted by Crippen LogP contribution is 2.37. The van der Waals surface area contributed by atoms with E-state index >= 15 is 0 Å². The molecule has 0 radical (unpaired) electrons. The van der Waals surface area contributed by atoms with Gasteiger partial charge in [0.2, 0.25) is 0 Å². The molecule has 2 N–H and O–H groups in total. The summed E-state index contributed by atoms with van der Waals surface area (Å²) in [6.07, 6.45) is 3.76. The standard InChI is InChI=1S/C15H23ClN2/c1-3-15(2)6-8-18(9-7-15)14-5-4-12(11-17)10-13(14)16/h4-5,10H,3,6-9,11,17H2,1-2H3. The highest BCUT2D eigenvalue weighted by molar-refractivity contribution is 6.33. The van der Waals surface area contributed by atoms with Crippen LogP contribution in [0.15, 0.2) is 18.2 Å². The molecule has 0 aliphatic carbocycles. The predicted octanol–water partition coefficient (Wildman–Crippen LogP) is 3.82. The van der Waals surface area contributed by atoms with Gasteiger partial charge in [0.15, 0.2) is 0 Å². The summed E-state index contributed by atoms with van der Waals surface area (Å²) >= 11 is 6.35. The molecule has 100 valence electrons. The van der Waals surface area contributed by atoms with E-state index in [1.54, 1.807) is 0 Å². The van der Waals surface area contributed by atoms with E-state index in [4.69, 9.17) is 17.3 Å². The zero-order valence-corrected chi connectivity index (χ0v) is 12.1. The van der Waals surface area contributed by atoms with Gasteiger partial charge in [-0.25, -0.2) is 0 Å². The minimum atomic E-state index is 0.514. The number of piperidine rings is 1. The maximum absolute atomic E-state index is 6.35. The number of nitrogens with zero attached hydrogens (tertiary/aromatic N) is 1. The molecule has 1 fully saturated rings. The SMILES string of the molecule is CCC1(C)CCN(c2ccc(CN)cc2Cl)CC1. The highest BCUT2D eigenvalue weighted by atomic mass is 35.5. The summed E-state index contributed by atoms with van der Waals surface area (Å²) in [5.41, 5.74) is 8.40. The van der Waals surface area contributed by atoms with Gasteiger partial charge in [-0.05, 0) is 36.0 Å². The molecule has 0 amide bonds. The van der Waals surface area contributed by atoms with Crippen molar-refractivity contribution in [2.45, 2.75) is 39.7 Å². The molecule has 0 spiro atoms. The van der Waals surface area contributed by atoms with Crippen LogP contribution in [0.1, 0.15) is 38.7 Å². The van der Waals surface area contributed by atoms with Crippen LogP contribution in [-0.2, 0) is 6.54 Å². The van der Waals surface area contributed by atoms with Crippen molar-refractivity contribution >= 4 is 17.3 Å². The average Bonchev–Trinajstić information content (AvgIpc) is 2.40. The Balaban J connectivity index is 2.10. The summed E-state index contributed by atoms with van der Waals surface area (Å²) < 4.78 is 0. The van der Waals surface area contributed by atoms with Crippen molar-refractivity contribution in [3.63, 3.8) is 0 Å². The van der Waals surface area contributed by atoms with Crippen LogP contribution < -0.4 is 10.6 Å². The van der Waals surface area contributed by atoms with E-state index in [0.717, 1.165) is 29.4 Å². The van der Waals surface area contributed by atoms with Crippen molar-refractivity contribution < 1.29 is 0 Å². The smallest absolute Gasteiger partial charge is 0.0642 e. The van der Waals surface area contributed by atoms with Crippen LogP contribution in [0.3, 0.4) is 0 Å². The molecule has 2 nitrogen and oxygen atoms in total. The van der Waals surface area contributed by atoms with Gasteiger partial charge in [-0.3, -0.25) is 0 Å². The maximum atomic E-state index is 6.35. The Morgan fingerprint density at radius 2 is 2.00 bits per heavy atom. The Labute approximate surface area is 115 Å². The molecular weight excluding hydrogens is 244 g/mol. The molecule has 1 aromatic carbocycles. The number of benzene rings is 1. The van der Waals surface area contributed by atoms with Crippen molar-refractivity contribution in [3.05, 3.63) is 28.8 Å². The Kier molecular flexibility index (Phi) is 4.18. The first-order valence-corrected chi connectivity index (χ1v) is 7.19. The molecule has 0 bridgehead atoms. The second-order valence-electron chi connectivity index (χ2n) is 5.64. The molecule has 1 aromatic rings. The van der Waals surface area contributed by atoms with Gasteiger partial charge in [0, 0.05) is 19.6 Å². The fraction of sp³-hybridized carbons (Fsp3) is 0.600. The lowest BCUT2D eigenvalue weighted by Gasteiger charge is -2.40. The molecule has 3 heteroatoms. The number of halogens is 1. The third-order valence-electron chi connectivity index (χ3n) is 4.41. The molecule has 18 heavy (non-hydrogen) atoms. The van der Waals surface area contributed by atoms with Gasteiger partial charge < -0.3 is 10.6 Å².